The molecule has 1 aromatic heterocycles. The number of amides is 1. The molecule has 2 rings (SSSR count). The number of Topliss-reactive ketones (excluding diaryl/α,β-unsaturated/α-hetero) is 1. The summed E-state index contributed by atoms with van der Waals surface area (Å²) < 4.78 is 0. The van der Waals surface area contributed by atoms with Crippen LogP contribution in [0.3, 0.4) is 0 Å². The highest BCUT2D eigenvalue weighted by Gasteiger charge is 2.32. The van der Waals surface area contributed by atoms with Gasteiger partial charge in [0.05, 0.1) is 6.42 Å². The quantitative estimate of drug-likeness (QED) is 0.593. The summed E-state index contributed by atoms with van der Waals surface area (Å²) in [4.78, 5) is 29.9. The average molecular weight is 177 g/mol. The Morgan fingerprint density at radius 1 is 1.31 bits per heavy atom. The Hall–Kier alpha value is -1.78. The van der Waals surface area contributed by atoms with E-state index in [4.69, 9.17) is 0 Å². The topological polar surface area (TPSA) is 72.0 Å². The molecule has 1 aliphatic rings. The fraction of sp³-hybridized carbons (Fsp3) is 0.250. The Labute approximate surface area is 74.2 Å². The van der Waals surface area contributed by atoms with Gasteiger partial charge < -0.3 is 5.32 Å². The lowest BCUT2D eigenvalue weighted by Crippen LogP contribution is -2.22. The van der Waals surface area contributed by atoms with Gasteiger partial charge in [0.15, 0.2) is 11.6 Å². The number of rotatable bonds is 1. The molecule has 1 N–H and O–H groups in total. The first-order valence-corrected chi connectivity index (χ1v) is 3.86. The van der Waals surface area contributed by atoms with Crippen molar-refractivity contribution in [2.75, 3.05) is 0 Å². The second kappa shape index (κ2) is 2.93. The fourth-order valence-electron chi connectivity index (χ4n) is 1.22. The number of carbonyl (C=O) groups is 2. The van der Waals surface area contributed by atoms with Crippen LogP contribution < -0.4 is 5.32 Å². The summed E-state index contributed by atoms with van der Waals surface area (Å²) in [6, 6.07) is 1.01. The highest BCUT2D eigenvalue weighted by molar-refractivity contribution is 6.07. The van der Waals surface area contributed by atoms with Crippen molar-refractivity contribution in [1.29, 1.82) is 0 Å². The zero-order valence-electron chi connectivity index (χ0n) is 6.73. The highest BCUT2D eigenvalue weighted by Crippen LogP contribution is 2.15. The first-order chi connectivity index (χ1) is 6.27. The number of nitrogens with zero attached hydrogens (tertiary/aromatic N) is 2. The lowest BCUT2D eigenvalue weighted by Gasteiger charge is -2.04. The number of aromatic nitrogens is 2. The minimum absolute atomic E-state index is 0.0665. The van der Waals surface area contributed by atoms with Crippen LogP contribution in [0.4, 0.5) is 0 Å². The van der Waals surface area contributed by atoms with Gasteiger partial charge in [0, 0.05) is 12.4 Å². The van der Waals surface area contributed by atoms with Crippen LogP contribution in [0.2, 0.25) is 0 Å². The van der Waals surface area contributed by atoms with Crippen LogP contribution in [-0.4, -0.2) is 21.7 Å². The molecule has 13 heavy (non-hydrogen) atoms. The van der Waals surface area contributed by atoms with E-state index in [0.29, 0.717) is 5.82 Å². The second-order valence-electron chi connectivity index (χ2n) is 2.75. The van der Waals surface area contributed by atoms with Gasteiger partial charge >= 0.3 is 0 Å². The summed E-state index contributed by atoms with van der Waals surface area (Å²) >= 11 is 0. The zero-order valence-corrected chi connectivity index (χ0v) is 6.73. The van der Waals surface area contributed by atoms with Crippen molar-refractivity contribution in [2.24, 2.45) is 0 Å². The zero-order chi connectivity index (χ0) is 9.26. The Morgan fingerprint density at radius 2 is 2.00 bits per heavy atom. The number of nitrogens with one attached hydrogen (secondary N) is 1. The Balaban J connectivity index is 2.28. The number of hydrogen-bond acceptors (Lipinski definition) is 4. The molecule has 5 heteroatoms. The first-order valence-electron chi connectivity index (χ1n) is 3.86. The molecule has 1 saturated heterocycles. The molecule has 0 aromatic carbocycles. The molecular weight excluding hydrogens is 170 g/mol. The fourth-order valence-corrected chi connectivity index (χ4v) is 1.22. The van der Waals surface area contributed by atoms with Crippen LogP contribution in [-0.2, 0) is 9.59 Å². The van der Waals surface area contributed by atoms with E-state index in [1.165, 1.54) is 0 Å². The van der Waals surface area contributed by atoms with Crippen LogP contribution in [0, 0.1) is 0 Å². The predicted octanol–water partition coefficient (Wildman–Crippen LogP) is -0.393. The average Bonchev–Trinajstić information content (AvgIpc) is 2.47. The minimum atomic E-state index is -0.645. The van der Waals surface area contributed by atoms with E-state index in [-0.39, 0.29) is 18.1 Å². The lowest BCUT2D eigenvalue weighted by atomic mass is 10.2. The van der Waals surface area contributed by atoms with Gasteiger partial charge in [-0.3, -0.25) is 9.59 Å². The molecule has 1 fully saturated rings. The minimum Gasteiger partial charge on any atom is -0.339 e. The lowest BCUT2D eigenvalue weighted by molar-refractivity contribution is -0.122. The predicted molar refractivity (Wildman–Crippen MR) is 42.5 cm³/mol. The Morgan fingerprint density at radius 3 is 2.54 bits per heavy atom. The third-order valence-electron chi connectivity index (χ3n) is 1.81. The van der Waals surface area contributed by atoms with Crippen molar-refractivity contribution in [3.05, 3.63) is 24.3 Å². The smallest absolute Gasteiger partial charge is 0.228 e. The third kappa shape index (κ3) is 1.40. The van der Waals surface area contributed by atoms with E-state index in [1.807, 2.05) is 0 Å². The van der Waals surface area contributed by atoms with Gasteiger partial charge in [0.1, 0.15) is 6.04 Å². The molecule has 0 aliphatic carbocycles. The van der Waals surface area contributed by atoms with E-state index < -0.39 is 6.04 Å². The van der Waals surface area contributed by atoms with E-state index in [1.54, 1.807) is 18.5 Å². The van der Waals surface area contributed by atoms with Gasteiger partial charge in [-0.2, -0.15) is 0 Å². The number of ketones is 1. The molecule has 1 aliphatic heterocycles. The second-order valence-corrected chi connectivity index (χ2v) is 2.75. The summed E-state index contributed by atoms with van der Waals surface area (Å²) in [5.41, 5.74) is 0. The first kappa shape index (κ1) is 7.85. The van der Waals surface area contributed by atoms with Gasteiger partial charge in [0.25, 0.3) is 0 Å². The van der Waals surface area contributed by atoms with Gasteiger partial charge in [-0.05, 0) is 6.07 Å². The molecule has 1 atom stereocenters. The maximum Gasteiger partial charge on any atom is 0.228 e. The van der Waals surface area contributed by atoms with Crippen molar-refractivity contribution >= 4 is 11.7 Å². The van der Waals surface area contributed by atoms with Crippen LogP contribution in [0.25, 0.3) is 0 Å². The van der Waals surface area contributed by atoms with Crippen molar-refractivity contribution < 1.29 is 9.59 Å². The van der Waals surface area contributed by atoms with Crippen molar-refractivity contribution in [3.8, 4) is 0 Å². The number of hydrogen-bond donors (Lipinski definition) is 1. The van der Waals surface area contributed by atoms with Gasteiger partial charge in [-0.25, -0.2) is 9.97 Å². The van der Waals surface area contributed by atoms with Gasteiger partial charge in [-0.1, -0.05) is 0 Å². The van der Waals surface area contributed by atoms with E-state index in [9.17, 15) is 9.59 Å². The van der Waals surface area contributed by atoms with Gasteiger partial charge in [0.2, 0.25) is 5.91 Å². The van der Waals surface area contributed by atoms with E-state index in [2.05, 4.69) is 15.3 Å². The molecular formula is C8H7N3O2. The molecule has 0 radical (unpaired) electrons. The third-order valence-corrected chi connectivity index (χ3v) is 1.81. The molecule has 1 amide bonds. The van der Waals surface area contributed by atoms with Crippen LogP contribution in [0.1, 0.15) is 18.3 Å². The normalized spacial score (nSPS) is 21.7. The molecule has 0 spiro atoms. The maximum atomic E-state index is 11.2. The Bertz CT molecular complexity index is 350. The molecule has 2 heterocycles. The largest absolute Gasteiger partial charge is 0.339 e. The summed E-state index contributed by atoms with van der Waals surface area (Å²) in [6.07, 6.45) is 3.02. The van der Waals surface area contributed by atoms with E-state index in [0.717, 1.165) is 0 Å². The Kier molecular flexibility index (Phi) is 1.77. The SMILES string of the molecule is O=C1CC(=O)C(c2ncccn2)N1. The van der Waals surface area contributed by atoms with Crippen LogP contribution in [0.5, 0.6) is 0 Å². The van der Waals surface area contributed by atoms with Crippen LogP contribution >= 0.6 is 0 Å². The van der Waals surface area contributed by atoms with E-state index >= 15 is 0 Å². The molecule has 0 saturated carbocycles. The molecule has 1 aromatic rings. The standard InChI is InChI=1S/C8H7N3O2/c12-5-4-6(13)11-7(5)8-9-2-1-3-10-8/h1-3,7H,4H2,(H,11,13). The number of carbonyl (C=O) groups excluding carboxylic acids is 2. The molecule has 5 nitrogen and oxygen atoms in total. The molecule has 0 bridgehead atoms. The summed E-state index contributed by atoms with van der Waals surface area (Å²) in [6.45, 7) is 0. The maximum absolute atomic E-state index is 11.2. The van der Waals surface area contributed by atoms with Gasteiger partial charge in [-0.15, -0.1) is 0 Å². The van der Waals surface area contributed by atoms with Crippen LogP contribution in [0.15, 0.2) is 18.5 Å². The van der Waals surface area contributed by atoms with Crippen molar-refractivity contribution in [1.82, 2.24) is 15.3 Å². The summed E-state index contributed by atoms with van der Waals surface area (Å²) in [5.74, 6) is -0.0722. The van der Waals surface area contributed by atoms with Crippen molar-refractivity contribution in [3.63, 3.8) is 0 Å². The summed E-state index contributed by atoms with van der Waals surface area (Å²) in [5, 5.41) is 2.51. The highest BCUT2D eigenvalue weighted by atomic mass is 16.2. The molecule has 1 unspecified atom stereocenters. The summed E-state index contributed by atoms with van der Waals surface area (Å²) in [7, 11) is 0. The molecule has 66 valence electrons. The van der Waals surface area contributed by atoms with Crippen molar-refractivity contribution in [2.45, 2.75) is 12.5 Å². The monoisotopic (exact) mass is 177 g/mol.